The standard InChI is InChI=1S/C19H25N3O3/c1-13-16(14(2)22-21-13)10-19(23)20-17-12-24-9-8-18(17)25-11-15-6-4-3-5-7-15/h3-7,17-18H,8-12H2,1-2H3,(H,20,23)(H,21,22)/t17-,18+/m1/s1. The van der Waals surface area contributed by atoms with Gasteiger partial charge >= 0.3 is 0 Å². The molecule has 0 aliphatic carbocycles. The van der Waals surface area contributed by atoms with Gasteiger partial charge in [-0.25, -0.2) is 0 Å². The second-order valence-corrected chi connectivity index (χ2v) is 6.46. The van der Waals surface area contributed by atoms with Gasteiger partial charge in [-0.3, -0.25) is 9.89 Å². The number of aromatic amines is 1. The van der Waals surface area contributed by atoms with E-state index in [4.69, 9.17) is 9.47 Å². The minimum atomic E-state index is -0.127. The van der Waals surface area contributed by atoms with E-state index in [9.17, 15) is 4.79 Å². The molecule has 1 fully saturated rings. The van der Waals surface area contributed by atoms with Gasteiger partial charge in [0.05, 0.1) is 37.5 Å². The Hall–Kier alpha value is -2.18. The molecule has 1 amide bonds. The van der Waals surface area contributed by atoms with Crippen LogP contribution in [0.2, 0.25) is 0 Å². The number of H-pyrrole nitrogens is 1. The predicted molar refractivity (Wildman–Crippen MR) is 94.2 cm³/mol. The number of hydrogen-bond acceptors (Lipinski definition) is 4. The Morgan fingerprint density at radius 1 is 1.36 bits per heavy atom. The molecule has 1 saturated heterocycles. The molecule has 1 aromatic carbocycles. The topological polar surface area (TPSA) is 76.2 Å². The first kappa shape index (κ1) is 17.6. The minimum absolute atomic E-state index is 0.0311. The van der Waals surface area contributed by atoms with E-state index in [-0.39, 0.29) is 18.1 Å². The highest BCUT2D eigenvalue weighted by atomic mass is 16.5. The Morgan fingerprint density at radius 2 is 2.16 bits per heavy atom. The molecule has 0 unspecified atom stereocenters. The third kappa shape index (κ3) is 4.67. The van der Waals surface area contributed by atoms with Gasteiger partial charge in [0.2, 0.25) is 5.91 Å². The van der Waals surface area contributed by atoms with Crippen LogP contribution in [0.5, 0.6) is 0 Å². The van der Waals surface area contributed by atoms with E-state index >= 15 is 0 Å². The normalized spacial score (nSPS) is 20.4. The van der Waals surface area contributed by atoms with Crippen LogP contribution in [-0.4, -0.2) is 41.5 Å². The predicted octanol–water partition coefficient (Wildman–Crippen LogP) is 2.06. The van der Waals surface area contributed by atoms with Crippen molar-refractivity contribution in [3.05, 3.63) is 52.8 Å². The molecule has 2 N–H and O–H groups in total. The van der Waals surface area contributed by atoms with Crippen LogP contribution < -0.4 is 5.32 Å². The fraction of sp³-hybridized carbons (Fsp3) is 0.474. The van der Waals surface area contributed by atoms with Crippen LogP contribution in [-0.2, 0) is 27.3 Å². The van der Waals surface area contributed by atoms with Crippen molar-refractivity contribution in [1.82, 2.24) is 15.5 Å². The number of carbonyl (C=O) groups is 1. The van der Waals surface area contributed by atoms with E-state index < -0.39 is 0 Å². The number of benzene rings is 1. The van der Waals surface area contributed by atoms with Gasteiger partial charge in [0, 0.05) is 17.9 Å². The summed E-state index contributed by atoms with van der Waals surface area (Å²) >= 11 is 0. The fourth-order valence-electron chi connectivity index (χ4n) is 3.08. The molecule has 2 aromatic rings. The number of carbonyl (C=O) groups excluding carboxylic acids is 1. The molecule has 6 nitrogen and oxygen atoms in total. The summed E-state index contributed by atoms with van der Waals surface area (Å²) in [7, 11) is 0. The van der Waals surface area contributed by atoms with Crippen molar-refractivity contribution in [2.75, 3.05) is 13.2 Å². The van der Waals surface area contributed by atoms with Gasteiger partial charge in [-0.15, -0.1) is 0 Å². The average Bonchev–Trinajstić information content (AvgIpc) is 2.94. The molecule has 1 aliphatic rings. The summed E-state index contributed by atoms with van der Waals surface area (Å²) in [5.41, 5.74) is 3.88. The molecular formula is C19H25N3O3. The van der Waals surface area contributed by atoms with Crippen molar-refractivity contribution in [1.29, 1.82) is 0 Å². The first-order valence-corrected chi connectivity index (χ1v) is 8.66. The van der Waals surface area contributed by atoms with Gasteiger partial charge in [-0.1, -0.05) is 30.3 Å². The van der Waals surface area contributed by atoms with Crippen molar-refractivity contribution in [3.63, 3.8) is 0 Å². The lowest BCUT2D eigenvalue weighted by molar-refractivity contribution is -0.125. The summed E-state index contributed by atoms with van der Waals surface area (Å²) in [5, 5.41) is 10.1. The van der Waals surface area contributed by atoms with E-state index in [2.05, 4.69) is 15.5 Å². The zero-order chi connectivity index (χ0) is 17.6. The zero-order valence-corrected chi connectivity index (χ0v) is 14.7. The third-order valence-corrected chi connectivity index (χ3v) is 4.56. The molecule has 1 aromatic heterocycles. The first-order chi connectivity index (χ1) is 12.1. The number of rotatable bonds is 6. The Labute approximate surface area is 147 Å². The van der Waals surface area contributed by atoms with Gasteiger partial charge in [0.25, 0.3) is 0 Å². The molecular weight excluding hydrogens is 318 g/mol. The summed E-state index contributed by atoms with van der Waals surface area (Å²) in [6, 6.07) is 9.93. The van der Waals surface area contributed by atoms with Crippen molar-refractivity contribution < 1.29 is 14.3 Å². The van der Waals surface area contributed by atoms with Crippen LogP contribution in [0.25, 0.3) is 0 Å². The van der Waals surface area contributed by atoms with E-state index in [0.29, 0.717) is 26.2 Å². The lowest BCUT2D eigenvalue weighted by atomic mass is 10.0. The number of nitrogens with zero attached hydrogens (tertiary/aromatic N) is 1. The molecule has 25 heavy (non-hydrogen) atoms. The van der Waals surface area contributed by atoms with Gasteiger partial charge in [-0.05, 0) is 25.8 Å². The third-order valence-electron chi connectivity index (χ3n) is 4.56. The smallest absolute Gasteiger partial charge is 0.224 e. The average molecular weight is 343 g/mol. The van der Waals surface area contributed by atoms with Crippen LogP contribution in [0.15, 0.2) is 30.3 Å². The van der Waals surface area contributed by atoms with Crippen molar-refractivity contribution in [3.8, 4) is 0 Å². The lowest BCUT2D eigenvalue weighted by Gasteiger charge is -2.32. The Morgan fingerprint density at radius 3 is 2.88 bits per heavy atom. The molecule has 0 radical (unpaired) electrons. The second-order valence-electron chi connectivity index (χ2n) is 6.46. The molecule has 0 spiro atoms. The van der Waals surface area contributed by atoms with E-state index in [1.165, 1.54) is 0 Å². The largest absolute Gasteiger partial charge is 0.379 e. The maximum absolute atomic E-state index is 12.4. The Kier molecular flexibility index (Phi) is 5.83. The van der Waals surface area contributed by atoms with E-state index in [1.54, 1.807) is 0 Å². The number of nitrogens with one attached hydrogen (secondary N) is 2. The molecule has 3 rings (SSSR count). The van der Waals surface area contributed by atoms with Crippen LogP contribution in [0.3, 0.4) is 0 Å². The number of ether oxygens (including phenoxy) is 2. The van der Waals surface area contributed by atoms with E-state index in [1.807, 2.05) is 44.2 Å². The van der Waals surface area contributed by atoms with Crippen molar-refractivity contribution >= 4 is 5.91 Å². The van der Waals surface area contributed by atoms with Crippen molar-refractivity contribution in [2.45, 2.75) is 45.4 Å². The lowest BCUT2D eigenvalue weighted by Crippen LogP contribution is -2.50. The summed E-state index contributed by atoms with van der Waals surface area (Å²) in [5.74, 6) is -0.0311. The summed E-state index contributed by atoms with van der Waals surface area (Å²) in [6.45, 7) is 5.51. The summed E-state index contributed by atoms with van der Waals surface area (Å²) < 4.78 is 11.6. The molecule has 1 aliphatic heterocycles. The molecule has 134 valence electrons. The van der Waals surface area contributed by atoms with E-state index in [0.717, 1.165) is 28.9 Å². The van der Waals surface area contributed by atoms with Gasteiger partial charge in [-0.2, -0.15) is 5.10 Å². The first-order valence-electron chi connectivity index (χ1n) is 8.66. The number of amides is 1. The highest BCUT2D eigenvalue weighted by Gasteiger charge is 2.28. The summed E-state index contributed by atoms with van der Waals surface area (Å²) in [4.78, 5) is 12.4. The van der Waals surface area contributed by atoms with Gasteiger partial charge < -0.3 is 14.8 Å². The maximum atomic E-state index is 12.4. The van der Waals surface area contributed by atoms with Crippen LogP contribution in [0.1, 0.15) is 28.9 Å². The Bertz CT molecular complexity index is 680. The monoisotopic (exact) mass is 343 g/mol. The highest BCUT2D eigenvalue weighted by molar-refractivity contribution is 5.79. The zero-order valence-electron chi connectivity index (χ0n) is 14.7. The molecule has 6 heteroatoms. The number of hydrogen-bond donors (Lipinski definition) is 2. The second kappa shape index (κ2) is 8.27. The summed E-state index contributed by atoms with van der Waals surface area (Å²) in [6.07, 6.45) is 1.06. The van der Waals surface area contributed by atoms with Crippen LogP contribution in [0, 0.1) is 13.8 Å². The Balaban J connectivity index is 1.56. The maximum Gasteiger partial charge on any atom is 0.224 e. The molecule has 2 heterocycles. The highest BCUT2D eigenvalue weighted by Crippen LogP contribution is 2.16. The quantitative estimate of drug-likeness (QED) is 0.842. The SMILES string of the molecule is Cc1n[nH]c(C)c1CC(=O)N[C@@H]1COCC[C@@H]1OCc1ccccc1. The number of aromatic nitrogens is 2. The number of aryl methyl sites for hydroxylation is 2. The van der Waals surface area contributed by atoms with Crippen LogP contribution >= 0.6 is 0 Å². The van der Waals surface area contributed by atoms with Crippen LogP contribution in [0.4, 0.5) is 0 Å². The molecule has 2 atom stereocenters. The van der Waals surface area contributed by atoms with Crippen molar-refractivity contribution in [2.24, 2.45) is 0 Å². The molecule has 0 bridgehead atoms. The molecule has 0 saturated carbocycles. The van der Waals surface area contributed by atoms with Gasteiger partial charge in [0.15, 0.2) is 0 Å². The minimum Gasteiger partial charge on any atom is -0.379 e. The fourth-order valence-corrected chi connectivity index (χ4v) is 3.08. The van der Waals surface area contributed by atoms with Gasteiger partial charge in [0.1, 0.15) is 0 Å².